The van der Waals surface area contributed by atoms with Crippen LogP contribution in [-0.2, 0) is 9.47 Å². The predicted octanol–water partition coefficient (Wildman–Crippen LogP) is 1.37. The molecule has 1 aliphatic rings. The zero-order chi connectivity index (χ0) is 17.0. The molecule has 1 aromatic heterocycles. The zero-order valence-corrected chi connectivity index (χ0v) is 14.6. The molecule has 1 amide bonds. The maximum atomic E-state index is 11.9. The van der Waals surface area contributed by atoms with Gasteiger partial charge in [-0.05, 0) is 27.7 Å². The molecule has 0 radical (unpaired) electrons. The lowest BCUT2D eigenvalue weighted by Crippen LogP contribution is -2.38. The molecule has 1 saturated heterocycles. The first-order chi connectivity index (χ1) is 10.8. The number of ether oxygens (including phenoxy) is 2. The Morgan fingerprint density at radius 3 is 2.83 bits per heavy atom. The second-order valence-electron chi connectivity index (χ2n) is 6.89. The van der Waals surface area contributed by atoms with E-state index in [1.807, 2.05) is 38.6 Å². The van der Waals surface area contributed by atoms with Gasteiger partial charge in [0.15, 0.2) is 0 Å². The standard InChI is InChI=1S/C15H27N5O3/c1-11(13-8-20(18-17-13)12-9-22-10-12)16-6-7-19(5)14(21)23-15(2,3)4/h8,11-12,16H,6-7,9-10H2,1-5H3/t11-/m0/s1. The number of likely N-dealkylation sites (N-methyl/N-ethyl adjacent to an activating group) is 1. The molecular formula is C15H27N5O3. The first-order valence-corrected chi connectivity index (χ1v) is 7.93. The van der Waals surface area contributed by atoms with Crippen molar-refractivity contribution in [1.29, 1.82) is 0 Å². The Labute approximate surface area is 137 Å². The molecule has 0 aromatic carbocycles. The summed E-state index contributed by atoms with van der Waals surface area (Å²) in [5, 5.41) is 11.7. The van der Waals surface area contributed by atoms with Crippen LogP contribution in [-0.4, -0.2) is 64.9 Å². The second-order valence-corrected chi connectivity index (χ2v) is 6.89. The van der Waals surface area contributed by atoms with E-state index >= 15 is 0 Å². The average Bonchev–Trinajstić information content (AvgIpc) is 2.83. The van der Waals surface area contributed by atoms with Gasteiger partial charge in [-0.1, -0.05) is 5.21 Å². The van der Waals surface area contributed by atoms with Crippen LogP contribution in [0.4, 0.5) is 4.79 Å². The number of amides is 1. The molecule has 0 unspecified atom stereocenters. The van der Waals surface area contributed by atoms with Gasteiger partial charge in [-0.3, -0.25) is 0 Å². The number of hydrogen-bond donors (Lipinski definition) is 1. The Morgan fingerprint density at radius 1 is 1.57 bits per heavy atom. The normalized spacial score (nSPS) is 16.7. The molecule has 8 heteroatoms. The van der Waals surface area contributed by atoms with Crippen molar-refractivity contribution in [3.63, 3.8) is 0 Å². The van der Waals surface area contributed by atoms with Gasteiger partial charge in [0.05, 0.1) is 31.1 Å². The number of carbonyl (C=O) groups is 1. The summed E-state index contributed by atoms with van der Waals surface area (Å²) in [6.45, 7) is 10.2. The molecule has 0 spiro atoms. The fraction of sp³-hybridized carbons (Fsp3) is 0.800. The van der Waals surface area contributed by atoms with E-state index in [1.54, 1.807) is 11.9 Å². The molecular weight excluding hydrogens is 298 g/mol. The highest BCUT2D eigenvalue weighted by molar-refractivity contribution is 5.67. The molecule has 1 aromatic rings. The smallest absolute Gasteiger partial charge is 0.410 e. The highest BCUT2D eigenvalue weighted by Gasteiger charge is 2.23. The number of aromatic nitrogens is 3. The molecule has 1 fully saturated rings. The van der Waals surface area contributed by atoms with Crippen LogP contribution < -0.4 is 5.32 Å². The number of rotatable bonds is 6. The number of hydrogen-bond acceptors (Lipinski definition) is 6. The highest BCUT2D eigenvalue weighted by atomic mass is 16.6. The van der Waals surface area contributed by atoms with Gasteiger partial charge in [-0.2, -0.15) is 0 Å². The van der Waals surface area contributed by atoms with Crippen molar-refractivity contribution in [3.8, 4) is 0 Å². The molecule has 1 atom stereocenters. The maximum absolute atomic E-state index is 11.9. The van der Waals surface area contributed by atoms with Crippen LogP contribution in [0.2, 0.25) is 0 Å². The van der Waals surface area contributed by atoms with E-state index in [-0.39, 0.29) is 12.1 Å². The van der Waals surface area contributed by atoms with Gasteiger partial charge in [0.2, 0.25) is 0 Å². The molecule has 1 N–H and O–H groups in total. The van der Waals surface area contributed by atoms with E-state index in [9.17, 15) is 4.79 Å². The van der Waals surface area contributed by atoms with Crippen LogP contribution in [0.3, 0.4) is 0 Å². The molecule has 2 heterocycles. The molecule has 0 aliphatic carbocycles. The fourth-order valence-electron chi connectivity index (χ4n) is 2.03. The lowest BCUT2D eigenvalue weighted by molar-refractivity contribution is -0.0294. The monoisotopic (exact) mass is 325 g/mol. The van der Waals surface area contributed by atoms with Crippen molar-refractivity contribution in [2.75, 3.05) is 33.4 Å². The first-order valence-electron chi connectivity index (χ1n) is 7.93. The van der Waals surface area contributed by atoms with Crippen molar-refractivity contribution >= 4 is 6.09 Å². The van der Waals surface area contributed by atoms with Gasteiger partial charge in [0.25, 0.3) is 0 Å². The first kappa shape index (κ1) is 17.7. The third-order valence-corrected chi connectivity index (χ3v) is 3.57. The average molecular weight is 325 g/mol. The molecule has 0 saturated carbocycles. The number of nitrogens with one attached hydrogen (secondary N) is 1. The lowest BCUT2D eigenvalue weighted by atomic mass is 10.2. The van der Waals surface area contributed by atoms with Gasteiger partial charge >= 0.3 is 6.09 Å². The van der Waals surface area contributed by atoms with Gasteiger partial charge in [-0.25, -0.2) is 9.48 Å². The van der Waals surface area contributed by atoms with Crippen LogP contribution in [0.5, 0.6) is 0 Å². The number of carbonyl (C=O) groups excluding carboxylic acids is 1. The summed E-state index contributed by atoms with van der Waals surface area (Å²) in [4.78, 5) is 13.4. The van der Waals surface area contributed by atoms with Crippen LogP contribution in [0.15, 0.2) is 6.20 Å². The van der Waals surface area contributed by atoms with Crippen LogP contribution >= 0.6 is 0 Å². The largest absolute Gasteiger partial charge is 0.444 e. The SMILES string of the molecule is C[C@H](NCCN(C)C(=O)OC(C)(C)C)c1cn(C2COC2)nn1. The van der Waals surface area contributed by atoms with Crippen molar-refractivity contribution < 1.29 is 14.3 Å². The quantitative estimate of drug-likeness (QED) is 0.851. The Balaban J connectivity index is 1.72. The summed E-state index contributed by atoms with van der Waals surface area (Å²) in [6.07, 6.45) is 1.63. The lowest BCUT2D eigenvalue weighted by Gasteiger charge is -2.25. The van der Waals surface area contributed by atoms with E-state index < -0.39 is 5.60 Å². The Bertz CT molecular complexity index is 521. The second kappa shape index (κ2) is 7.27. The molecule has 2 rings (SSSR count). The molecule has 8 nitrogen and oxygen atoms in total. The third kappa shape index (κ3) is 5.18. The third-order valence-electron chi connectivity index (χ3n) is 3.57. The topological polar surface area (TPSA) is 81.5 Å². The van der Waals surface area contributed by atoms with Gasteiger partial charge in [0, 0.05) is 20.1 Å². The Kier molecular flexibility index (Phi) is 5.59. The van der Waals surface area contributed by atoms with Gasteiger partial charge in [0.1, 0.15) is 11.6 Å². The van der Waals surface area contributed by atoms with Crippen molar-refractivity contribution in [2.45, 2.75) is 45.4 Å². The maximum Gasteiger partial charge on any atom is 0.410 e. The van der Waals surface area contributed by atoms with E-state index in [0.29, 0.717) is 32.3 Å². The van der Waals surface area contributed by atoms with E-state index in [1.165, 1.54) is 0 Å². The fourth-order valence-corrected chi connectivity index (χ4v) is 2.03. The van der Waals surface area contributed by atoms with Crippen molar-refractivity contribution in [1.82, 2.24) is 25.2 Å². The summed E-state index contributed by atoms with van der Waals surface area (Å²) < 4.78 is 12.3. The molecule has 130 valence electrons. The van der Waals surface area contributed by atoms with Crippen LogP contribution in [0.25, 0.3) is 0 Å². The van der Waals surface area contributed by atoms with Gasteiger partial charge in [-0.15, -0.1) is 5.10 Å². The highest BCUT2D eigenvalue weighted by Crippen LogP contribution is 2.17. The molecule has 23 heavy (non-hydrogen) atoms. The minimum Gasteiger partial charge on any atom is -0.444 e. The molecule has 0 bridgehead atoms. The minimum absolute atomic E-state index is 0.0665. The summed E-state index contributed by atoms with van der Waals surface area (Å²) in [5.41, 5.74) is 0.410. The van der Waals surface area contributed by atoms with Crippen molar-refractivity contribution in [3.05, 3.63) is 11.9 Å². The number of nitrogens with zero attached hydrogens (tertiary/aromatic N) is 4. The summed E-state index contributed by atoms with van der Waals surface area (Å²) in [5.74, 6) is 0. The summed E-state index contributed by atoms with van der Waals surface area (Å²) >= 11 is 0. The zero-order valence-electron chi connectivity index (χ0n) is 14.6. The van der Waals surface area contributed by atoms with Gasteiger partial charge < -0.3 is 19.7 Å². The van der Waals surface area contributed by atoms with E-state index in [0.717, 1.165) is 5.69 Å². The van der Waals surface area contributed by atoms with Crippen molar-refractivity contribution in [2.24, 2.45) is 0 Å². The molecule has 1 aliphatic heterocycles. The van der Waals surface area contributed by atoms with Crippen LogP contribution in [0, 0.1) is 0 Å². The van der Waals surface area contributed by atoms with Crippen LogP contribution in [0.1, 0.15) is 45.5 Å². The Morgan fingerprint density at radius 2 is 2.26 bits per heavy atom. The minimum atomic E-state index is -0.476. The summed E-state index contributed by atoms with van der Waals surface area (Å²) in [6, 6.07) is 0.374. The van der Waals surface area contributed by atoms with E-state index in [2.05, 4.69) is 15.6 Å². The predicted molar refractivity (Wildman–Crippen MR) is 85.2 cm³/mol. The van der Waals surface area contributed by atoms with E-state index in [4.69, 9.17) is 9.47 Å². The summed E-state index contributed by atoms with van der Waals surface area (Å²) in [7, 11) is 1.73. The Hall–Kier alpha value is -1.67.